The summed E-state index contributed by atoms with van der Waals surface area (Å²) in [6.45, 7) is 11.7. The van der Waals surface area contributed by atoms with Crippen molar-refractivity contribution in [3.63, 3.8) is 0 Å². The Labute approximate surface area is 155 Å². The third-order valence-electron chi connectivity index (χ3n) is 4.24. The van der Waals surface area contributed by atoms with Gasteiger partial charge in [0.15, 0.2) is 0 Å². The summed E-state index contributed by atoms with van der Waals surface area (Å²) in [6.07, 6.45) is 3.71. The van der Waals surface area contributed by atoms with E-state index in [2.05, 4.69) is 31.1 Å². The Morgan fingerprint density at radius 1 is 1.48 bits per heavy atom. The molecule has 1 aliphatic rings. The van der Waals surface area contributed by atoms with E-state index in [1.54, 1.807) is 6.07 Å². The molecular weight excluding hydrogens is 340 g/mol. The number of carbonyl (C=O) groups excluding carboxylic acids is 1. The van der Waals surface area contributed by atoms with Crippen LogP contribution in [0.4, 0.5) is 0 Å². The van der Waals surface area contributed by atoms with E-state index in [1.807, 2.05) is 13.8 Å². The molecule has 1 aromatic rings. The van der Waals surface area contributed by atoms with Crippen molar-refractivity contribution >= 4 is 17.5 Å². The van der Waals surface area contributed by atoms with Gasteiger partial charge in [-0.15, -0.1) is 0 Å². The number of amides is 1. The molecule has 0 bridgehead atoms. The van der Waals surface area contributed by atoms with E-state index in [0.29, 0.717) is 28.9 Å². The first-order valence-electron chi connectivity index (χ1n) is 8.90. The topological polar surface area (TPSA) is 60.5 Å². The zero-order valence-electron chi connectivity index (χ0n) is 15.8. The number of hydrogen-bond donors (Lipinski definition) is 1. The van der Waals surface area contributed by atoms with E-state index < -0.39 is 0 Å². The van der Waals surface area contributed by atoms with E-state index in [1.165, 1.54) is 6.20 Å². The average Bonchev–Trinajstić information content (AvgIpc) is 2.53. The molecule has 0 radical (unpaired) electrons. The number of aromatic nitrogens is 1. The lowest BCUT2D eigenvalue weighted by molar-refractivity contribution is -0.0839. The van der Waals surface area contributed by atoms with Gasteiger partial charge in [-0.2, -0.15) is 0 Å². The average molecular weight is 369 g/mol. The second-order valence-electron chi connectivity index (χ2n) is 7.95. The van der Waals surface area contributed by atoms with Crippen molar-refractivity contribution in [3.8, 4) is 5.88 Å². The van der Waals surface area contributed by atoms with E-state index >= 15 is 0 Å². The first-order chi connectivity index (χ1) is 11.7. The molecule has 1 fully saturated rings. The monoisotopic (exact) mass is 368 g/mol. The van der Waals surface area contributed by atoms with Crippen LogP contribution in [0.2, 0.25) is 5.02 Å². The minimum Gasteiger partial charge on any atom is -0.474 e. The predicted molar refractivity (Wildman–Crippen MR) is 99.3 cm³/mol. The van der Waals surface area contributed by atoms with Crippen LogP contribution in [0.15, 0.2) is 12.3 Å². The summed E-state index contributed by atoms with van der Waals surface area (Å²) in [6, 6.07) is 1.60. The number of carbonyl (C=O) groups is 1. The van der Waals surface area contributed by atoms with Gasteiger partial charge in [0.2, 0.25) is 5.88 Å². The van der Waals surface area contributed by atoms with Crippen LogP contribution in [0.1, 0.15) is 57.8 Å². The Balaban J connectivity index is 1.98. The van der Waals surface area contributed by atoms with Crippen LogP contribution in [-0.2, 0) is 4.74 Å². The lowest BCUT2D eigenvalue weighted by atomic mass is 9.78. The van der Waals surface area contributed by atoms with Crippen molar-refractivity contribution in [3.05, 3.63) is 22.8 Å². The highest BCUT2D eigenvalue weighted by atomic mass is 35.5. The summed E-state index contributed by atoms with van der Waals surface area (Å²) in [4.78, 5) is 16.6. The third kappa shape index (κ3) is 5.58. The van der Waals surface area contributed by atoms with Crippen LogP contribution in [0, 0.1) is 11.3 Å². The molecule has 2 heterocycles. The van der Waals surface area contributed by atoms with Crippen LogP contribution in [-0.4, -0.2) is 36.3 Å². The molecule has 0 aromatic carbocycles. The minimum absolute atomic E-state index is 0.0229. The van der Waals surface area contributed by atoms with Crippen LogP contribution in [0.3, 0.4) is 0 Å². The molecule has 0 aliphatic carbocycles. The van der Waals surface area contributed by atoms with Crippen molar-refractivity contribution in [2.45, 2.75) is 59.7 Å². The smallest absolute Gasteiger partial charge is 0.252 e. The number of nitrogens with one attached hydrogen (secondary N) is 1. The molecule has 0 saturated carbocycles. The maximum Gasteiger partial charge on any atom is 0.252 e. The molecule has 1 amide bonds. The third-order valence-corrected chi connectivity index (χ3v) is 4.51. The van der Waals surface area contributed by atoms with Crippen molar-refractivity contribution in [1.29, 1.82) is 0 Å². The fraction of sp³-hybridized carbons (Fsp3) is 0.684. The van der Waals surface area contributed by atoms with Gasteiger partial charge in [-0.25, -0.2) is 4.98 Å². The van der Waals surface area contributed by atoms with Crippen LogP contribution < -0.4 is 10.1 Å². The molecule has 1 saturated heterocycles. The molecule has 2 unspecified atom stereocenters. The second-order valence-corrected chi connectivity index (χ2v) is 8.35. The first kappa shape index (κ1) is 20.0. The Kier molecular flexibility index (Phi) is 6.69. The second kappa shape index (κ2) is 8.37. The Morgan fingerprint density at radius 2 is 2.20 bits per heavy atom. The van der Waals surface area contributed by atoms with Gasteiger partial charge < -0.3 is 14.8 Å². The molecule has 6 heteroatoms. The standard InChI is InChI=1S/C19H29ClN2O3/c1-12(2)25-18-15(20)9-14(11-22-18)17(23)21-10-13-7-6-8-24-16(13)19(3,4)5/h9,11-13,16H,6-8,10H2,1-5H3,(H,21,23). The summed E-state index contributed by atoms with van der Waals surface area (Å²) >= 11 is 6.16. The van der Waals surface area contributed by atoms with E-state index in [9.17, 15) is 4.79 Å². The van der Waals surface area contributed by atoms with E-state index in [4.69, 9.17) is 21.1 Å². The van der Waals surface area contributed by atoms with Gasteiger partial charge >= 0.3 is 0 Å². The summed E-state index contributed by atoms with van der Waals surface area (Å²) in [7, 11) is 0. The number of rotatable bonds is 5. The maximum absolute atomic E-state index is 12.4. The largest absolute Gasteiger partial charge is 0.474 e. The highest BCUT2D eigenvalue weighted by Gasteiger charge is 2.35. The number of pyridine rings is 1. The van der Waals surface area contributed by atoms with Gasteiger partial charge in [0.1, 0.15) is 5.02 Å². The van der Waals surface area contributed by atoms with Crippen LogP contribution in [0.25, 0.3) is 0 Å². The maximum atomic E-state index is 12.4. The van der Waals surface area contributed by atoms with Crippen molar-refractivity contribution in [2.24, 2.45) is 11.3 Å². The first-order valence-corrected chi connectivity index (χ1v) is 9.28. The summed E-state index contributed by atoms with van der Waals surface area (Å²) in [5.74, 6) is 0.482. The molecule has 0 spiro atoms. The fourth-order valence-corrected chi connectivity index (χ4v) is 3.41. The zero-order chi connectivity index (χ0) is 18.6. The van der Waals surface area contributed by atoms with Gasteiger partial charge in [0.05, 0.1) is 17.8 Å². The van der Waals surface area contributed by atoms with Crippen molar-refractivity contribution < 1.29 is 14.3 Å². The van der Waals surface area contributed by atoms with Crippen molar-refractivity contribution in [2.75, 3.05) is 13.2 Å². The molecule has 1 aliphatic heterocycles. The lowest BCUT2D eigenvalue weighted by Crippen LogP contribution is -2.45. The van der Waals surface area contributed by atoms with Gasteiger partial charge in [0, 0.05) is 25.3 Å². The molecule has 2 atom stereocenters. The number of halogens is 1. The van der Waals surface area contributed by atoms with Crippen LogP contribution in [0.5, 0.6) is 5.88 Å². The SMILES string of the molecule is CC(C)Oc1ncc(C(=O)NCC2CCCOC2C(C)(C)C)cc1Cl. The normalized spacial score (nSPS) is 21.2. The summed E-state index contributed by atoms with van der Waals surface area (Å²) in [5, 5.41) is 3.34. The number of ether oxygens (including phenoxy) is 2. The Hall–Kier alpha value is -1.33. The molecule has 5 nitrogen and oxygen atoms in total. The van der Waals surface area contributed by atoms with E-state index in [0.717, 1.165) is 19.4 Å². The van der Waals surface area contributed by atoms with Crippen molar-refractivity contribution in [1.82, 2.24) is 10.3 Å². The highest BCUT2D eigenvalue weighted by Crippen LogP contribution is 2.33. The Morgan fingerprint density at radius 3 is 2.80 bits per heavy atom. The summed E-state index contributed by atoms with van der Waals surface area (Å²) in [5.41, 5.74) is 0.487. The molecule has 1 aromatic heterocycles. The molecule has 1 N–H and O–H groups in total. The van der Waals surface area contributed by atoms with Gasteiger partial charge in [-0.1, -0.05) is 32.4 Å². The van der Waals surface area contributed by atoms with Gasteiger partial charge in [-0.3, -0.25) is 4.79 Å². The molecule has 140 valence electrons. The van der Waals surface area contributed by atoms with Crippen LogP contribution >= 0.6 is 11.6 Å². The number of hydrogen-bond acceptors (Lipinski definition) is 4. The quantitative estimate of drug-likeness (QED) is 0.850. The molecule has 2 rings (SSSR count). The van der Waals surface area contributed by atoms with Gasteiger partial charge in [0.25, 0.3) is 5.91 Å². The highest BCUT2D eigenvalue weighted by molar-refractivity contribution is 6.32. The predicted octanol–water partition coefficient (Wildman–Crippen LogP) is 4.09. The molecule has 25 heavy (non-hydrogen) atoms. The zero-order valence-corrected chi connectivity index (χ0v) is 16.5. The molecular formula is C19H29ClN2O3. The van der Waals surface area contributed by atoms with Gasteiger partial charge in [-0.05, 0) is 38.2 Å². The summed E-state index contributed by atoms with van der Waals surface area (Å²) < 4.78 is 11.5. The minimum atomic E-state index is -0.177. The lowest BCUT2D eigenvalue weighted by Gasteiger charge is -2.40. The fourth-order valence-electron chi connectivity index (χ4n) is 3.19. The van der Waals surface area contributed by atoms with E-state index in [-0.39, 0.29) is 23.5 Å². The number of nitrogens with zero attached hydrogens (tertiary/aromatic N) is 1. The Bertz CT molecular complexity index is 599.